The summed E-state index contributed by atoms with van der Waals surface area (Å²) in [5, 5.41) is 7.53. The molecule has 1 saturated carbocycles. The molecule has 1 aliphatic carbocycles. The average Bonchev–Trinajstić information content (AvgIpc) is 2.97. The molecule has 3 rings (SSSR count). The zero-order valence-electron chi connectivity index (χ0n) is 12.2. The fourth-order valence-electron chi connectivity index (χ4n) is 3.11. The van der Waals surface area contributed by atoms with Crippen molar-refractivity contribution in [1.29, 1.82) is 0 Å². The van der Waals surface area contributed by atoms with Gasteiger partial charge in [0, 0.05) is 22.5 Å². The fraction of sp³-hybridized carbons (Fsp3) is 0.500. The van der Waals surface area contributed by atoms with Crippen LogP contribution in [0.1, 0.15) is 31.6 Å². The number of benzene rings is 1. The number of hydrogen-bond acceptors (Lipinski definition) is 4. The molecule has 5 heteroatoms. The number of aromatic nitrogens is 2. The lowest BCUT2D eigenvalue weighted by Crippen LogP contribution is -2.37. The molecule has 112 valence electrons. The van der Waals surface area contributed by atoms with Crippen molar-refractivity contribution in [3.05, 3.63) is 34.6 Å². The van der Waals surface area contributed by atoms with Crippen LogP contribution in [0.25, 0.3) is 11.4 Å². The minimum Gasteiger partial charge on any atom is -0.339 e. The molecule has 2 unspecified atom stereocenters. The van der Waals surface area contributed by atoms with E-state index in [0.717, 1.165) is 22.3 Å². The van der Waals surface area contributed by atoms with Gasteiger partial charge in [-0.15, -0.1) is 0 Å². The third-order valence-electron chi connectivity index (χ3n) is 4.29. The molecule has 0 spiro atoms. The van der Waals surface area contributed by atoms with E-state index < -0.39 is 0 Å². The summed E-state index contributed by atoms with van der Waals surface area (Å²) in [5.41, 5.74) is 0.988. The van der Waals surface area contributed by atoms with Crippen LogP contribution in [-0.4, -0.2) is 23.2 Å². The van der Waals surface area contributed by atoms with Crippen molar-refractivity contribution in [1.82, 2.24) is 15.5 Å². The summed E-state index contributed by atoms with van der Waals surface area (Å²) in [6, 6.07) is 8.54. The van der Waals surface area contributed by atoms with Crippen molar-refractivity contribution in [2.45, 2.75) is 38.1 Å². The Balaban J connectivity index is 1.71. The Morgan fingerprint density at radius 2 is 2.00 bits per heavy atom. The number of nitrogens with one attached hydrogen (secondary N) is 1. The Hall–Kier alpha value is -1.20. The van der Waals surface area contributed by atoms with Crippen LogP contribution in [0.2, 0.25) is 0 Å². The van der Waals surface area contributed by atoms with E-state index in [1.54, 1.807) is 0 Å². The first kappa shape index (κ1) is 14.7. The highest BCUT2D eigenvalue weighted by Gasteiger charge is 2.25. The smallest absolute Gasteiger partial charge is 0.227 e. The lowest BCUT2D eigenvalue weighted by molar-refractivity contribution is 0.248. The summed E-state index contributed by atoms with van der Waals surface area (Å²) < 4.78 is 6.49. The van der Waals surface area contributed by atoms with Crippen LogP contribution in [-0.2, 0) is 6.42 Å². The first-order chi connectivity index (χ1) is 10.3. The predicted molar refractivity (Wildman–Crippen MR) is 85.9 cm³/mol. The highest BCUT2D eigenvalue weighted by Crippen LogP contribution is 2.27. The van der Waals surface area contributed by atoms with E-state index in [2.05, 4.69) is 31.4 Å². The van der Waals surface area contributed by atoms with Gasteiger partial charge < -0.3 is 9.84 Å². The molecular formula is C16H20BrN3O. The molecule has 1 fully saturated rings. The van der Waals surface area contributed by atoms with Crippen molar-refractivity contribution in [2.75, 3.05) is 7.05 Å². The predicted octanol–water partition coefficient (Wildman–Crippen LogP) is 3.82. The maximum atomic E-state index is 5.44. The second-order valence-electron chi connectivity index (χ2n) is 5.66. The third-order valence-corrected chi connectivity index (χ3v) is 4.82. The van der Waals surface area contributed by atoms with Gasteiger partial charge in [-0.2, -0.15) is 4.98 Å². The summed E-state index contributed by atoms with van der Waals surface area (Å²) >= 11 is 3.43. The van der Waals surface area contributed by atoms with Gasteiger partial charge in [-0.25, -0.2) is 0 Å². The van der Waals surface area contributed by atoms with Gasteiger partial charge in [0.1, 0.15) is 0 Å². The zero-order chi connectivity index (χ0) is 14.7. The maximum absolute atomic E-state index is 5.44. The Labute approximate surface area is 133 Å². The molecule has 0 amide bonds. The molecule has 4 nitrogen and oxygen atoms in total. The molecule has 2 atom stereocenters. The molecule has 0 bridgehead atoms. The zero-order valence-corrected chi connectivity index (χ0v) is 13.8. The average molecular weight is 350 g/mol. The third kappa shape index (κ3) is 3.52. The molecular weight excluding hydrogens is 330 g/mol. The van der Waals surface area contributed by atoms with Crippen molar-refractivity contribution >= 4 is 15.9 Å². The van der Waals surface area contributed by atoms with Gasteiger partial charge in [0.15, 0.2) is 0 Å². The van der Waals surface area contributed by atoms with Gasteiger partial charge in [-0.1, -0.05) is 33.9 Å². The Bertz CT molecular complexity index is 581. The van der Waals surface area contributed by atoms with Crippen LogP contribution in [0.5, 0.6) is 0 Å². The topological polar surface area (TPSA) is 51.0 Å². The van der Waals surface area contributed by atoms with Crippen molar-refractivity contribution in [3.63, 3.8) is 0 Å². The quantitative estimate of drug-likeness (QED) is 0.911. The summed E-state index contributed by atoms with van der Waals surface area (Å²) in [7, 11) is 2.05. The monoisotopic (exact) mass is 349 g/mol. The first-order valence-corrected chi connectivity index (χ1v) is 8.31. The molecule has 1 N–H and O–H groups in total. The second kappa shape index (κ2) is 6.71. The number of halogens is 1. The molecule has 0 aliphatic heterocycles. The van der Waals surface area contributed by atoms with Crippen molar-refractivity contribution in [3.8, 4) is 11.4 Å². The van der Waals surface area contributed by atoms with Crippen molar-refractivity contribution < 1.29 is 4.52 Å². The summed E-state index contributed by atoms with van der Waals surface area (Å²) in [4.78, 5) is 4.55. The fourth-order valence-corrected chi connectivity index (χ4v) is 3.37. The van der Waals surface area contributed by atoms with Crippen LogP contribution in [0, 0.1) is 5.92 Å². The SMILES string of the molecule is CNC1CCCCC1Cc1nc(-c2ccc(Br)cc2)no1. The molecule has 1 heterocycles. The summed E-state index contributed by atoms with van der Waals surface area (Å²) in [6.45, 7) is 0. The minimum atomic E-state index is 0.571. The van der Waals surface area contributed by atoms with Crippen LogP contribution in [0.3, 0.4) is 0 Å². The molecule has 1 aromatic carbocycles. The number of rotatable bonds is 4. The molecule has 0 radical (unpaired) electrons. The van der Waals surface area contributed by atoms with Gasteiger partial charge in [0.25, 0.3) is 0 Å². The highest BCUT2D eigenvalue weighted by molar-refractivity contribution is 9.10. The van der Waals surface area contributed by atoms with E-state index in [9.17, 15) is 0 Å². The van der Waals surface area contributed by atoms with Gasteiger partial charge in [0.2, 0.25) is 11.7 Å². The van der Waals surface area contributed by atoms with Crippen LogP contribution < -0.4 is 5.32 Å². The molecule has 1 aromatic heterocycles. The van der Waals surface area contributed by atoms with E-state index in [0.29, 0.717) is 17.8 Å². The lowest BCUT2D eigenvalue weighted by atomic mass is 9.82. The van der Waals surface area contributed by atoms with E-state index >= 15 is 0 Å². The molecule has 2 aromatic rings. The van der Waals surface area contributed by atoms with Crippen LogP contribution >= 0.6 is 15.9 Å². The number of hydrogen-bond donors (Lipinski definition) is 1. The van der Waals surface area contributed by atoms with Gasteiger partial charge in [-0.05, 0) is 50.1 Å². The largest absolute Gasteiger partial charge is 0.339 e. The van der Waals surface area contributed by atoms with E-state index in [-0.39, 0.29) is 0 Å². The van der Waals surface area contributed by atoms with Gasteiger partial charge >= 0.3 is 0 Å². The summed E-state index contributed by atoms with van der Waals surface area (Å²) in [6.07, 6.45) is 5.97. The van der Waals surface area contributed by atoms with Gasteiger partial charge in [0.05, 0.1) is 0 Å². The standard InChI is InChI=1S/C16H20BrN3O/c1-18-14-5-3-2-4-12(14)10-15-19-16(20-21-15)11-6-8-13(17)9-7-11/h6-9,12,14,18H,2-5,10H2,1H3. The highest BCUT2D eigenvalue weighted by atomic mass is 79.9. The van der Waals surface area contributed by atoms with Gasteiger partial charge in [-0.3, -0.25) is 0 Å². The summed E-state index contributed by atoms with van der Waals surface area (Å²) in [5.74, 6) is 2.02. The first-order valence-electron chi connectivity index (χ1n) is 7.52. The van der Waals surface area contributed by atoms with E-state index in [4.69, 9.17) is 4.52 Å². The van der Waals surface area contributed by atoms with Crippen LogP contribution in [0.4, 0.5) is 0 Å². The lowest BCUT2D eigenvalue weighted by Gasteiger charge is -2.30. The Morgan fingerprint density at radius 3 is 2.76 bits per heavy atom. The van der Waals surface area contributed by atoms with E-state index in [1.807, 2.05) is 31.3 Å². The maximum Gasteiger partial charge on any atom is 0.227 e. The van der Waals surface area contributed by atoms with Crippen molar-refractivity contribution in [2.24, 2.45) is 5.92 Å². The Morgan fingerprint density at radius 1 is 1.24 bits per heavy atom. The molecule has 0 saturated heterocycles. The molecule has 21 heavy (non-hydrogen) atoms. The molecule has 1 aliphatic rings. The normalized spacial score (nSPS) is 22.4. The minimum absolute atomic E-state index is 0.571. The van der Waals surface area contributed by atoms with E-state index in [1.165, 1.54) is 25.7 Å². The Kier molecular flexibility index (Phi) is 4.70. The van der Waals surface area contributed by atoms with Crippen LogP contribution in [0.15, 0.2) is 33.3 Å². The number of nitrogens with zero attached hydrogens (tertiary/aromatic N) is 2. The second-order valence-corrected chi connectivity index (χ2v) is 6.58.